The van der Waals surface area contributed by atoms with Crippen LogP contribution in [0, 0.1) is 0 Å². The lowest BCUT2D eigenvalue weighted by Crippen LogP contribution is -1.97. The molecule has 0 aliphatic carbocycles. The van der Waals surface area contributed by atoms with Crippen LogP contribution in [0.15, 0.2) is 65.1 Å². The summed E-state index contributed by atoms with van der Waals surface area (Å²) >= 11 is 16.3. The van der Waals surface area contributed by atoms with Crippen molar-refractivity contribution in [1.29, 1.82) is 0 Å². The maximum Gasteiger partial charge on any atom is 0.0640 e. The van der Waals surface area contributed by atoms with Crippen molar-refractivity contribution in [2.24, 2.45) is 0 Å². The van der Waals surface area contributed by atoms with E-state index in [1.54, 1.807) is 0 Å². The van der Waals surface area contributed by atoms with Gasteiger partial charge in [0.2, 0.25) is 0 Å². The molecular weight excluding hydrogens is 367 g/mol. The Bertz CT molecular complexity index is 783. The summed E-state index contributed by atoms with van der Waals surface area (Å²) in [5.74, 6) is 0. The number of fused-ring (bicyclic) bond motifs is 1. The van der Waals surface area contributed by atoms with Gasteiger partial charge in [0.05, 0.1) is 5.38 Å². The molecule has 106 valence electrons. The van der Waals surface area contributed by atoms with E-state index in [-0.39, 0.29) is 5.38 Å². The minimum atomic E-state index is -0.142. The molecule has 3 aromatic carbocycles. The Morgan fingerprint density at radius 2 is 1.67 bits per heavy atom. The average Bonchev–Trinajstić information content (AvgIpc) is 2.49. The number of benzene rings is 3. The standard InChI is InChI=1S/C18H13BrCl2/c19-15-7-8-17(20)16(11-15)18(21)10-12-5-6-13-3-1-2-4-14(13)9-12/h1-9,11,18H,10H2. The predicted octanol–water partition coefficient (Wildman–Crippen LogP) is 6.78. The molecule has 0 fully saturated rings. The van der Waals surface area contributed by atoms with Crippen LogP contribution in [0.5, 0.6) is 0 Å². The van der Waals surface area contributed by atoms with Gasteiger partial charge in [-0.3, -0.25) is 0 Å². The van der Waals surface area contributed by atoms with Crippen molar-refractivity contribution in [2.75, 3.05) is 0 Å². The minimum Gasteiger partial charge on any atom is -0.117 e. The van der Waals surface area contributed by atoms with E-state index in [9.17, 15) is 0 Å². The van der Waals surface area contributed by atoms with Gasteiger partial charge in [0, 0.05) is 9.50 Å². The van der Waals surface area contributed by atoms with Gasteiger partial charge in [0.1, 0.15) is 0 Å². The number of hydrogen-bond acceptors (Lipinski definition) is 0. The third-order valence-electron chi connectivity index (χ3n) is 3.52. The Morgan fingerprint density at radius 1 is 0.905 bits per heavy atom. The third-order valence-corrected chi connectivity index (χ3v) is 4.75. The Kier molecular flexibility index (Phi) is 4.54. The molecule has 3 rings (SSSR count). The Labute approximate surface area is 142 Å². The van der Waals surface area contributed by atoms with Crippen molar-refractivity contribution in [1.82, 2.24) is 0 Å². The average molecular weight is 380 g/mol. The van der Waals surface area contributed by atoms with Gasteiger partial charge in [0.15, 0.2) is 0 Å². The lowest BCUT2D eigenvalue weighted by molar-refractivity contribution is 0.921. The molecule has 0 amide bonds. The van der Waals surface area contributed by atoms with Crippen LogP contribution in [-0.2, 0) is 6.42 Å². The van der Waals surface area contributed by atoms with Gasteiger partial charge in [-0.05, 0) is 46.5 Å². The summed E-state index contributed by atoms with van der Waals surface area (Å²) in [6, 6.07) is 20.6. The zero-order valence-corrected chi connectivity index (χ0v) is 14.3. The molecule has 0 spiro atoms. The molecule has 0 heterocycles. The van der Waals surface area contributed by atoms with E-state index >= 15 is 0 Å². The largest absolute Gasteiger partial charge is 0.117 e. The van der Waals surface area contributed by atoms with E-state index < -0.39 is 0 Å². The van der Waals surface area contributed by atoms with Gasteiger partial charge < -0.3 is 0 Å². The second-order valence-corrected chi connectivity index (χ2v) is 6.87. The highest BCUT2D eigenvalue weighted by Gasteiger charge is 2.13. The highest BCUT2D eigenvalue weighted by Crippen LogP contribution is 2.33. The van der Waals surface area contributed by atoms with Gasteiger partial charge in [-0.15, -0.1) is 11.6 Å². The van der Waals surface area contributed by atoms with Crippen LogP contribution in [0.4, 0.5) is 0 Å². The Morgan fingerprint density at radius 3 is 2.48 bits per heavy atom. The summed E-state index contributed by atoms with van der Waals surface area (Å²) in [6.07, 6.45) is 0.753. The predicted molar refractivity (Wildman–Crippen MR) is 95.4 cm³/mol. The zero-order valence-electron chi connectivity index (χ0n) is 11.2. The summed E-state index contributed by atoms with van der Waals surface area (Å²) in [4.78, 5) is 0. The second-order valence-electron chi connectivity index (χ2n) is 5.02. The fourth-order valence-electron chi connectivity index (χ4n) is 2.44. The van der Waals surface area contributed by atoms with E-state index in [0.717, 1.165) is 16.5 Å². The first-order valence-corrected chi connectivity index (χ1v) is 8.31. The third kappa shape index (κ3) is 3.42. The lowest BCUT2D eigenvalue weighted by atomic mass is 10.0. The molecule has 21 heavy (non-hydrogen) atoms. The quantitative estimate of drug-likeness (QED) is 0.440. The van der Waals surface area contributed by atoms with Crippen molar-refractivity contribution in [3.63, 3.8) is 0 Å². The Hall–Kier alpha value is -1.02. The number of alkyl halides is 1. The molecular formula is C18H13BrCl2. The maximum atomic E-state index is 6.56. The fraction of sp³-hybridized carbons (Fsp3) is 0.111. The molecule has 3 heteroatoms. The van der Waals surface area contributed by atoms with Crippen LogP contribution in [0.25, 0.3) is 10.8 Å². The molecule has 1 atom stereocenters. The van der Waals surface area contributed by atoms with Crippen molar-refractivity contribution in [2.45, 2.75) is 11.8 Å². The normalized spacial score (nSPS) is 12.5. The van der Waals surface area contributed by atoms with E-state index in [0.29, 0.717) is 5.02 Å². The molecule has 0 aliphatic rings. The molecule has 0 aromatic heterocycles. The zero-order chi connectivity index (χ0) is 14.8. The highest BCUT2D eigenvalue weighted by molar-refractivity contribution is 9.10. The monoisotopic (exact) mass is 378 g/mol. The fourth-order valence-corrected chi connectivity index (χ4v) is 3.48. The Balaban J connectivity index is 1.88. The van der Waals surface area contributed by atoms with Gasteiger partial charge in [-0.2, -0.15) is 0 Å². The van der Waals surface area contributed by atoms with Crippen LogP contribution in [0.3, 0.4) is 0 Å². The van der Waals surface area contributed by atoms with Gasteiger partial charge in [-0.1, -0.05) is 70.0 Å². The first-order valence-electron chi connectivity index (χ1n) is 6.70. The SMILES string of the molecule is Clc1ccc(Br)cc1C(Cl)Cc1ccc2ccccc2c1. The summed E-state index contributed by atoms with van der Waals surface area (Å²) in [5, 5.41) is 3.04. The van der Waals surface area contributed by atoms with Gasteiger partial charge in [-0.25, -0.2) is 0 Å². The number of rotatable bonds is 3. The van der Waals surface area contributed by atoms with Crippen molar-refractivity contribution >= 4 is 49.9 Å². The van der Waals surface area contributed by atoms with Crippen molar-refractivity contribution in [3.8, 4) is 0 Å². The summed E-state index contributed by atoms with van der Waals surface area (Å²) in [7, 11) is 0. The summed E-state index contributed by atoms with van der Waals surface area (Å²) in [5.41, 5.74) is 2.17. The summed E-state index contributed by atoms with van der Waals surface area (Å²) in [6.45, 7) is 0. The topological polar surface area (TPSA) is 0 Å². The van der Waals surface area contributed by atoms with Crippen LogP contribution >= 0.6 is 39.1 Å². The summed E-state index contributed by atoms with van der Waals surface area (Å²) < 4.78 is 0.992. The van der Waals surface area contributed by atoms with Gasteiger partial charge >= 0.3 is 0 Å². The molecule has 0 radical (unpaired) electrons. The van der Waals surface area contributed by atoms with Crippen LogP contribution in [-0.4, -0.2) is 0 Å². The van der Waals surface area contributed by atoms with Crippen LogP contribution in [0.2, 0.25) is 5.02 Å². The number of hydrogen-bond donors (Lipinski definition) is 0. The number of halogens is 3. The van der Waals surface area contributed by atoms with E-state index in [1.165, 1.54) is 16.3 Å². The first-order chi connectivity index (χ1) is 10.1. The highest BCUT2D eigenvalue weighted by atomic mass is 79.9. The van der Waals surface area contributed by atoms with E-state index in [2.05, 4.69) is 52.3 Å². The molecule has 1 unspecified atom stereocenters. The molecule has 0 nitrogen and oxygen atoms in total. The van der Waals surface area contributed by atoms with Crippen molar-refractivity contribution < 1.29 is 0 Å². The lowest BCUT2D eigenvalue weighted by Gasteiger charge is -2.13. The molecule has 0 aliphatic heterocycles. The van der Waals surface area contributed by atoms with E-state index in [4.69, 9.17) is 23.2 Å². The molecule has 0 saturated carbocycles. The van der Waals surface area contributed by atoms with Crippen LogP contribution < -0.4 is 0 Å². The molecule has 3 aromatic rings. The maximum absolute atomic E-state index is 6.56. The minimum absolute atomic E-state index is 0.142. The van der Waals surface area contributed by atoms with Gasteiger partial charge in [0.25, 0.3) is 0 Å². The second kappa shape index (κ2) is 6.39. The first kappa shape index (κ1) is 14.9. The van der Waals surface area contributed by atoms with Crippen molar-refractivity contribution in [3.05, 3.63) is 81.3 Å². The van der Waals surface area contributed by atoms with Crippen LogP contribution in [0.1, 0.15) is 16.5 Å². The van der Waals surface area contributed by atoms with E-state index in [1.807, 2.05) is 24.3 Å². The smallest absolute Gasteiger partial charge is 0.0640 e. The molecule has 0 N–H and O–H groups in total. The molecule has 0 bridgehead atoms. The molecule has 0 saturated heterocycles.